The molecule has 0 bridgehead atoms. The van der Waals surface area contributed by atoms with Crippen molar-refractivity contribution in [1.82, 2.24) is 0 Å². The average Bonchev–Trinajstić information content (AvgIpc) is 2.02. The van der Waals surface area contributed by atoms with Crippen molar-refractivity contribution in [3.8, 4) is 0 Å². The summed E-state index contributed by atoms with van der Waals surface area (Å²) in [6, 6.07) is 0. The first-order valence-corrected chi connectivity index (χ1v) is 5.33. The topological polar surface area (TPSA) is 44.8 Å². The van der Waals surface area contributed by atoms with Crippen LogP contribution in [0.5, 0.6) is 0 Å². The fourth-order valence-electron chi connectivity index (χ4n) is 0.302. The maximum Gasteiger partial charge on any atom is 0.491 e. The molecular formula is C4H6F3O4PS. The minimum absolute atomic E-state index is 0.994. The van der Waals surface area contributed by atoms with Gasteiger partial charge in [-0.2, -0.15) is 13.2 Å². The van der Waals surface area contributed by atoms with E-state index in [9.17, 15) is 18.0 Å². The Morgan fingerprint density at radius 2 is 1.69 bits per heavy atom. The Morgan fingerprint density at radius 1 is 1.31 bits per heavy atom. The predicted octanol–water partition coefficient (Wildman–Crippen LogP) is 1.61. The van der Waals surface area contributed by atoms with Gasteiger partial charge in [0, 0.05) is 26.0 Å². The van der Waals surface area contributed by atoms with Gasteiger partial charge in [0.1, 0.15) is 0 Å². The van der Waals surface area contributed by atoms with Crippen molar-refractivity contribution < 1.29 is 31.5 Å². The Kier molecular flexibility index (Phi) is 4.31. The number of halogens is 3. The molecule has 0 aromatic heterocycles. The van der Waals surface area contributed by atoms with Gasteiger partial charge in [-0.3, -0.25) is 0 Å². The predicted molar refractivity (Wildman–Crippen MR) is 40.5 cm³/mol. The van der Waals surface area contributed by atoms with Crippen molar-refractivity contribution in [2.75, 3.05) is 14.2 Å². The normalized spacial score (nSPS) is 12.7. The molecule has 0 aliphatic heterocycles. The second-order valence-electron chi connectivity index (χ2n) is 1.69. The van der Waals surface area contributed by atoms with E-state index >= 15 is 0 Å². The monoisotopic (exact) mass is 238 g/mol. The molecule has 0 aliphatic rings. The summed E-state index contributed by atoms with van der Waals surface area (Å²) in [6.45, 7) is -3.57. The second kappa shape index (κ2) is 4.36. The molecule has 9 heteroatoms. The Bertz CT molecular complexity index is 232. The smallest absolute Gasteiger partial charge is 0.385 e. The standard InChI is InChI=1S/C4H6F3O4PS/c1-9-12(13,10-2)11-3(8)4(5,6)7/h1-2H3. The summed E-state index contributed by atoms with van der Waals surface area (Å²) in [7, 11) is 1.99. The molecule has 0 aromatic carbocycles. The maximum absolute atomic E-state index is 11.6. The van der Waals surface area contributed by atoms with Crippen LogP contribution in [0.3, 0.4) is 0 Å². The third-order valence-electron chi connectivity index (χ3n) is 0.873. The van der Waals surface area contributed by atoms with Crippen molar-refractivity contribution >= 4 is 24.5 Å². The SMILES string of the molecule is COP(=S)(OC)OC(=O)C(F)(F)F. The van der Waals surface area contributed by atoms with Crippen molar-refractivity contribution in [2.24, 2.45) is 0 Å². The van der Waals surface area contributed by atoms with E-state index < -0.39 is 18.9 Å². The molecule has 0 spiro atoms. The summed E-state index contributed by atoms with van der Waals surface area (Å²) in [5.41, 5.74) is 0. The van der Waals surface area contributed by atoms with Crippen molar-refractivity contribution in [3.05, 3.63) is 0 Å². The van der Waals surface area contributed by atoms with Crippen LogP contribution in [-0.4, -0.2) is 26.4 Å². The van der Waals surface area contributed by atoms with E-state index in [-0.39, 0.29) is 0 Å². The molecule has 13 heavy (non-hydrogen) atoms. The lowest BCUT2D eigenvalue weighted by molar-refractivity contribution is -0.190. The van der Waals surface area contributed by atoms with Crippen LogP contribution in [-0.2, 0) is 30.2 Å². The Balaban J connectivity index is 4.45. The molecule has 0 saturated heterocycles. The molecule has 0 unspecified atom stereocenters. The molecule has 0 aromatic rings. The minimum atomic E-state index is -5.10. The van der Waals surface area contributed by atoms with Gasteiger partial charge >= 0.3 is 18.9 Å². The highest BCUT2D eigenvalue weighted by atomic mass is 32.5. The molecule has 4 nitrogen and oxygen atoms in total. The molecule has 0 N–H and O–H groups in total. The molecule has 0 saturated carbocycles. The quantitative estimate of drug-likeness (QED) is 0.699. The lowest BCUT2D eigenvalue weighted by Gasteiger charge is -2.17. The van der Waals surface area contributed by atoms with E-state index in [1.165, 1.54) is 0 Å². The summed E-state index contributed by atoms with van der Waals surface area (Å²) < 4.78 is 47.4. The van der Waals surface area contributed by atoms with E-state index in [0.717, 1.165) is 14.2 Å². The fraction of sp³-hybridized carbons (Fsp3) is 0.750. The molecule has 0 aliphatic carbocycles. The molecule has 0 rings (SSSR count). The number of rotatable bonds is 3. The van der Waals surface area contributed by atoms with E-state index in [0.29, 0.717) is 0 Å². The second-order valence-corrected chi connectivity index (χ2v) is 4.84. The Morgan fingerprint density at radius 3 is 1.92 bits per heavy atom. The van der Waals surface area contributed by atoms with Gasteiger partial charge in [0.2, 0.25) is 0 Å². The first kappa shape index (κ1) is 12.8. The van der Waals surface area contributed by atoms with Gasteiger partial charge in [0.25, 0.3) is 0 Å². The molecule has 0 radical (unpaired) electrons. The zero-order valence-electron chi connectivity index (χ0n) is 6.62. The fourth-order valence-corrected chi connectivity index (χ4v) is 1.11. The van der Waals surface area contributed by atoms with Gasteiger partial charge in [0.05, 0.1) is 0 Å². The highest BCUT2D eigenvalue weighted by Crippen LogP contribution is 2.49. The lowest BCUT2D eigenvalue weighted by Crippen LogP contribution is -2.24. The first-order chi connectivity index (χ1) is 5.75. The molecule has 0 fully saturated rings. The molecule has 0 amide bonds. The Labute approximate surface area is 77.2 Å². The number of carbonyl (C=O) groups excluding carboxylic acids is 1. The van der Waals surface area contributed by atoms with Gasteiger partial charge in [-0.1, -0.05) is 0 Å². The van der Waals surface area contributed by atoms with Crippen LogP contribution in [0.25, 0.3) is 0 Å². The third kappa shape index (κ3) is 4.04. The minimum Gasteiger partial charge on any atom is -0.385 e. The summed E-state index contributed by atoms with van der Waals surface area (Å²) in [5.74, 6) is -2.42. The molecule has 0 heterocycles. The first-order valence-electron chi connectivity index (χ1n) is 2.77. The van der Waals surface area contributed by atoms with Crippen molar-refractivity contribution in [1.29, 1.82) is 0 Å². The van der Waals surface area contributed by atoms with Crippen LogP contribution in [0.4, 0.5) is 13.2 Å². The van der Waals surface area contributed by atoms with Crippen molar-refractivity contribution in [3.63, 3.8) is 0 Å². The summed E-state index contributed by atoms with van der Waals surface area (Å²) >= 11 is 4.37. The van der Waals surface area contributed by atoms with Crippen LogP contribution in [0.15, 0.2) is 0 Å². The average molecular weight is 238 g/mol. The largest absolute Gasteiger partial charge is 0.491 e. The highest BCUT2D eigenvalue weighted by molar-refractivity contribution is 8.07. The van der Waals surface area contributed by atoms with Crippen molar-refractivity contribution in [2.45, 2.75) is 6.18 Å². The number of carbonyl (C=O) groups is 1. The lowest BCUT2D eigenvalue weighted by atomic mass is 10.7. The third-order valence-corrected chi connectivity index (χ3v) is 3.28. The number of hydrogen-bond donors (Lipinski definition) is 0. The molecular weight excluding hydrogens is 232 g/mol. The van der Waals surface area contributed by atoms with E-state index in [1.54, 1.807) is 0 Å². The maximum atomic E-state index is 11.6. The van der Waals surface area contributed by atoms with Gasteiger partial charge < -0.3 is 13.6 Å². The molecule has 0 atom stereocenters. The van der Waals surface area contributed by atoms with Gasteiger partial charge in [-0.25, -0.2) is 4.79 Å². The summed E-state index contributed by atoms with van der Waals surface area (Å²) in [5, 5.41) is 0. The van der Waals surface area contributed by atoms with E-state index in [1.807, 2.05) is 0 Å². The van der Waals surface area contributed by atoms with Crippen LogP contribution in [0.2, 0.25) is 0 Å². The van der Waals surface area contributed by atoms with E-state index in [4.69, 9.17) is 0 Å². The van der Waals surface area contributed by atoms with E-state index in [2.05, 4.69) is 25.4 Å². The van der Waals surface area contributed by atoms with Crippen LogP contribution in [0.1, 0.15) is 0 Å². The number of alkyl halides is 3. The zero-order chi connectivity index (χ0) is 10.7. The van der Waals surface area contributed by atoms with Gasteiger partial charge in [0.15, 0.2) is 0 Å². The summed E-state index contributed by atoms with van der Waals surface area (Å²) in [6.07, 6.45) is -5.10. The zero-order valence-corrected chi connectivity index (χ0v) is 8.33. The van der Waals surface area contributed by atoms with Crippen LogP contribution < -0.4 is 0 Å². The number of hydrogen-bond acceptors (Lipinski definition) is 5. The van der Waals surface area contributed by atoms with Gasteiger partial charge in [-0.15, -0.1) is 0 Å². The van der Waals surface area contributed by atoms with Crippen LogP contribution >= 0.6 is 6.72 Å². The highest BCUT2D eigenvalue weighted by Gasteiger charge is 2.44. The summed E-state index contributed by atoms with van der Waals surface area (Å²) in [4.78, 5) is 10.3. The molecule has 78 valence electrons. The van der Waals surface area contributed by atoms with Gasteiger partial charge in [-0.05, 0) is 0 Å². The Hall–Kier alpha value is -0.170. The van der Waals surface area contributed by atoms with Crippen LogP contribution in [0, 0.1) is 0 Å².